The van der Waals surface area contributed by atoms with E-state index in [1.165, 1.54) is 0 Å². The van der Waals surface area contributed by atoms with Crippen molar-refractivity contribution in [3.63, 3.8) is 0 Å². The second-order valence-corrected chi connectivity index (χ2v) is 10.4. The molecule has 0 saturated carbocycles. The summed E-state index contributed by atoms with van der Waals surface area (Å²) in [4.78, 5) is 27.3. The van der Waals surface area contributed by atoms with E-state index in [1.807, 2.05) is 48.5 Å². The Bertz CT molecular complexity index is 1150. The maximum atomic E-state index is 13.1. The predicted octanol–water partition coefficient (Wildman–Crippen LogP) is 2.02. The average Bonchev–Trinajstić information content (AvgIpc) is 3.36. The Balaban J connectivity index is 1.28. The predicted molar refractivity (Wildman–Crippen MR) is 122 cm³/mol. The second-order valence-electron chi connectivity index (χ2n) is 8.59. The van der Waals surface area contributed by atoms with Crippen LogP contribution in [0.3, 0.4) is 0 Å². The Morgan fingerprint density at radius 1 is 1.12 bits per heavy atom. The highest BCUT2D eigenvalue weighted by molar-refractivity contribution is 8.01. The Morgan fingerprint density at radius 3 is 2.55 bits per heavy atom. The van der Waals surface area contributed by atoms with E-state index in [1.54, 1.807) is 33.5 Å². The molecule has 10 heteroatoms. The van der Waals surface area contributed by atoms with Gasteiger partial charge < -0.3 is 15.0 Å². The monoisotopic (exact) mass is 464 g/mol. The molecule has 0 radical (unpaired) electrons. The maximum absolute atomic E-state index is 13.1. The topological polar surface area (TPSA) is 102 Å². The average molecular weight is 465 g/mol. The highest BCUT2D eigenvalue weighted by Crippen LogP contribution is 2.56. The number of nitrogens with zero attached hydrogens (tertiary/aromatic N) is 5. The minimum atomic E-state index is -0.593. The molecule has 3 aromatic rings. The van der Waals surface area contributed by atoms with E-state index in [0.29, 0.717) is 18.1 Å². The summed E-state index contributed by atoms with van der Waals surface area (Å²) in [6, 6.07) is 18.2. The van der Waals surface area contributed by atoms with Crippen molar-refractivity contribution >= 4 is 23.6 Å². The van der Waals surface area contributed by atoms with Gasteiger partial charge in [0.05, 0.1) is 6.54 Å². The molecule has 3 unspecified atom stereocenters. The van der Waals surface area contributed by atoms with E-state index in [4.69, 9.17) is 4.74 Å². The summed E-state index contributed by atoms with van der Waals surface area (Å²) in [6.07, 6.45) is 0. The lowest BCUT2D eigenvalue weighted by molar-refractivity contribution is -0.152. The van der Waals surface area contributed by atoms with Crippen LogP contribution in [0.15, 0.2) is 60.7 Å². The van der Waals surface area contributed by atoms with Gasteiger partial charge in [0.2, 0.25) is 5.91 Å². The van der Waals surface area contributed by atoms with Crippen LogP contribution in [0.1, 0.15) is 31.3 Å². The fourth-order valence-electron chi connectivity index (χ4n) is 4.32. The van der Waals surface area contributed by atoms with Gasteiger partial charge in [-0.1, -0.05) is 48.5 Å². The third-order valence-corrected chi connectivity index (χ3v) is 7.42. The van der Waals surface area contributed by atoms with E-state index in [0.717, 1.165) is 5.56 Å². The van der Waals surface area contributed by atoms with Crippen LogP contribution in [0, 0.1) is 0 Å². The number of thioether (sulfide) groups is 1. The quantitative estimate of drug-likeness (QED) is 0.534. The van der Waals surface area contributed by atoms with Crippen LogP contribution in [-0.2, 0) is 16.1 Å². The first-order valence-corrected chi connectivity index (χ1v) is 11.6. The van der Waals surface area contributed by atoms with Crippen molar-refractivity contribution in [3.05, 3.63) is 72.1 Å². The van der Waals surface area contributed by atoms with Crippen molar-refractivity contribution in [1.82, 2.24) is 30.4 Å². The summed E-state index contributed by atoms with van der Waals surface area (Å²) in [5.74, 6) is 0.790. The van der Waals surface area contributed by atoms with Crippen LogP contribution < -0.4 is 10.1 Å². The summed E-state index contributed by atoms with van der Waals surface area (Å²) >= 11 is 1.65. The zero-order chi connectivity index (χ0) is 23.0. The van der Waals surface area contributed by atoms with E-state index in [2.05, 4.69) is 34.7 Å². The summed E-state index contributed by atoms with van der Waals surface area (Å²) in [7, 11) is 0. The minimum Gasteiger partial charge on any atom is -0.484 e. The van der Waals surface area contributed by atoms with Gasteiger partial charge in [-0.25, -0.2) is 4.68 Å². The lowest BCUT2D eigenvalue weighted by Crippen LogP contribution is -2.68. The number of amides is 2. The molecule has 33 heavy (non-hydrogen) atoms. The van der Waals surface area contributed by atoms with Gasteiger partial charge in [0.1, 0.15) is 23.2 Å². The van der Waals surface area contributed by atoms with Crippen molar-refractivity contribution in [2.45, 2.75) is 42.6 Å². The molecule has 0 aliphatic carbocycles. The zero-order valence-corrected chi connectivity index (χ0v) is 19.1. The molecule has 2 aromatic carbocycles. The molecule has 1 aromatic heterocycles. The lowest BCUT2D eigenvalue weighted by atomic mass is 9.95. The Hall–Kier alpha value is -3.40. The van der Waals surface area contributed by atoms with Crippen LogP contribution >= 0.6 is 11.8 Å². The van der Waals surface area contributed by atoms with Gasteiger partial charge in [-0.3, -0.25) is 9.59 Å². The number of para-hydroxylation sites is 1. The summed E-state index contributed by atoms with van der Waals surface area (Å²) in [5, 5.41) is 15.0. The standard InChI is InChI=1S/C23H24N6O3S/c1-23(2)19(20-25-26-27-28(20)13-15-9-5-3-6-10-15)29-21(31)18(22(29)33-23)24-17(30)14-32-16-11-7-4-8-12-16/h3-12,18-19,22H,13-14H2,1-2H3,(H,24,30). The smallest absolute Gasteiger partial charge is 0.258 e. The number of aromatic nitrogens is 4. The number of rotatable bonds is 7. The van der Waals surface area contributed by atoms with E-state index < -0.39 is 6.04 Å². The molecule has 3 heterocycles. The molecule has 0 bridgehead atoms. The third-order valence-electron chi connectivity index (χ3n) is 5.85. The van der Waals surface area contributed by atoms with Crippen LogP contribution in [0.5, 0.6) is 5.75 Å². The number of carbonyl (C=O) groups excluding carboxylic acids is 2. The van der Waals surface area contributed by atoms with Crippen molar-refractivity contribution in [1.29, 1.82) is 0 Å². The van der Waals surface area contributed by atoms with Gasteiger partial charge in [0, 0.05) is 4.75 Å². The number of tetrazole rings is 1. The number of ether oxygens (including phenoxy) is 1. The van der Waals surface area contributed by atoms with Crippen molar-refractivity contribution < 1.29 is 14.3 Å². The van der Waals surface area contributed by atoms with Crippen molar-refractivity contribution in [2.75, 3.05) is 6.61 Å². The molecule has 5 rings (SSSR count). The number of fused-ring (bicyclic) bond motifs is 1. The largest absolute Gasteiger partial charge is 0.484 e. The van der Waals surface area contributed by atoms with E-state index in [-0.39, 0.29) is 34.6 Å². The number of nitrogens with one attached hydrogen (secondary N) is 1. The molecule has 2 amide bonds. The molecule has 2 fully saturated rings. The normalized spacial score (nSPS) is 23.0. The Labute approximate surface area is 195 Å². The number of hydrogen-bond donors (Lipinski definition) is 1. The van der Waals surface area contributed by atoms with Crippen LogP contribution in [-0.4, -0.2) is 59.7 Å². The van der Waals surface area contributed by atoms with Crippen molar-refractivity contribution in [3.8, 4) is 5.75 Å². The fourth-order valence-corrected chi connectivity index (χ4v) is 5.95. The molecule has 9 nitrogen and oxygen atoms in total. The lowest BCUT2D eigenvalue weighted by Gasteiger charge is -2.44. The molecule has 2 saturated heterocycles. The highest BCUT2D eigenvalue weighted by atomic mass is 32.2. The molecule has 2 aliphatic heterocycles. The van der Waals surface area contributed by atoms with Gasteiger partial charge in [0.25, 0.3) is 5.91 Å². The molecule has 2 aliphatic rings. The van der Waals surface area contributed by atoms with Crippen molar-refractivity contribution in [2.24, 2.45) is 0 Å². The Morgan fingerprint density at radius 2 is 1.82 bits per heavy atom. The highest BCUT2D eigenvalue weighted by Gasteiger charge is 2.63. The van der Waals surface area contributed by atoms with Gasteiger partial charge in [-0.05, 0) is 42.0 Å². The van der Waals surface area contributed by atoms with Crippen LogP contribution in [0.2, 0.25) is 0 Å². The van der Waals surface area contributed by atoms with E-state index >= 15 is 0 Å². The van der Waals surface area contributed by atoms with Crippen LogP contribution in [0.25, 0.3) is 0 Å². The first-order valence-electron chi connectivity index (χ1n) is 10.7. The molecule has 3 atom stereocenters. The second kappa shape index (κ2) is 8.51. The summed E-state index contributed by atoms with van der Waals surface area (Å²) in [5.41, 5.74) is 1.07. The molecular formula is C23H24N6O3S. The number of benzene rings is 2. The Kier molecular flexibility index (Phi) is 5.53. The number of hydrogen-bond acceptors (Lipinski definition) is 7. The molecular weight excluding hydrogens is 440 g/mol. The van der Waals surface area contributed by atoms with Gasteiger partial charge >= 0.3 is 0 Å². The van der Waals surface area contributed by atoms with Gasteiger partial charge in [0.15, 0.2) is 12.4 Å². The van der Waals surface area contributed by atoms with Gasteiger partial charge in [-0.2, -0.15) is 0 Å². The minimum absolute atomic E-state index is 0.134. The number of carbonyl (C=O) groups is 2. The fraction of sp³-hybridized carbons (Fsp3) is 0.348. The van der Waals surface area contributed by atoms with Gasteiger partial charge in [-0.15, -0.1) is 16.9 Å². The SMILES string of the molecule is CC1(C)SC2C(NC(=O)COc3ccccc3)C(=O)N2C1c1nnnn1Cc1ccccc1. The molecule has 1 N–H and O–H groups in total. The third kappa shape index (κ3) is 4.06. The maximum Gasteiger partial charge on any atom is 0.258 e. The van der Waals surface area contributed by atoms with E-state index in [9.17, 15) is 9.59 Å². The molecule has 170 valence electrons. The molecule has 0 spiro atoms. The first-order chi connectivity index (χ1) is 15.9. The summed E-state index contributed by atoms with van der Waals surface area (Å²) < 4.78 is 6.92. The first kappa shape index (κ1) is 21.4. The summed E-state index contributed by atoms with van der Waals surface area (Å²) in [6.45, 7) is 4.52. The zero-order valence-electron chi connectivity index (χ0n) is 18.3. The van der Waals surface area contributed by atoms with Crippen LogP contribution in [0.4, 0.5) is 0 Å². The number of β-lactam (4-membered cyclic amide) rings is 1.